The average Bonchev–Trinajstić information content (AvgIpc) is 3.18. The Morgan fingerprint density at radius 3 is 2.23 bits per heavy atom. The zero-order valence-electron chi connectivity index (χ0n) is 17.8. The molecule has 7 heteroatoms. The Balaban J connectivity index is 1.79. The maximum Gasteiger partial charge on any atom is 0.266 e. The maximum absolute atomic E-state index is 7.13. The van der Waals surface area contributed by atoms with E-state index in [2.05, 4.69) is 34.1 Å². The molecule has 0 atom stereocenters. The molecule has 0 bridgehead atoms. The third-order valence-electron chi connectivity index (χ3n) is 6.84. The molecule has 3 heterocycles. The molecule has 0 aromatic heterocycles. The van der Waals surface area contributed by atoms with Crippen LogP contribution in [0.5, 0.6) is 0 Å². The Morgan fingerprint density at radius 1 is 0.867 bits per heavy atom. The summed E-state index contributed by atoms with van der Waals surface area (Å²) in [6.07, 6.45) is 3.87. The monoisotopic (exact) mass is 430 g/mol. The number of nitrogens with zero attached hydrogens (tertiary/aromatic N) is 2. The largest absolute Gasteiger partial charge is 0.351 e. The summed E-state index contributed by atoms with van der Waals surface area (Å²) in [5.41, 5.74) is 7.08. The van der Waals surface area contributed by atoms with Crippen LogP contribution in [0.3, 0.4) is 0 Å². The predicted octanol–water partition coefficient (Wildman–Crippen LogP) is 3.30. The molecule has 5 rings (SSSR count). The summed E-state index contributed by atoms with van der Waals surface area (Å²) >= 11 is 7.13. The molecule has 1 aromatic rings. The molecule has 1 fully saturated rings. The van der Waals surface area contributed by atoms with Gasteiger partial charge in [0.25, 0.3) is 5.79 Å². The first-order chi connectivity index (χ1) is 14.6. The molecule has 0 amide bonds. The molecule has 1 saturated heterocycles. The second-order valence-corrected chi connectivity index (χ2v) is 8.36. The van der Waals surface area contributed by atoms with Crippen molar-refractivity contribution in [2.75, 3.05) is 48.2 Å². The van der Waals surface area contributed by atoms with Gasteiger partial charge in [-0.15, -0.1) is 0 Å². The number of hydrogen-bond donors (Lipinski definition) is 0. The molecule has 160 valence electrons. The van der Waals surface area contributed by atoms with Crippen molar-refractivity contribution in [2.45, 2.75) is 24.4 Å². The number of rotatable bonds is 4. The number of ether oxygens (including phenoxy) is 4. The highest BCUT2D eigenvalue weighted by Crippen LogP contribution is 2.54. The summed E-state index contributed by atoms with van der Waals surface area (Å²) in [6.45, 7) is 2.77. The molecule has 30 heavy (non-hydrogen) atoms. The van der Waals surface area contributed by atoms with Crippen LogP contribution in [0.15, 0.2) is 52.2 Å². The van der Waals surface area contributed by atoms with Gasteiger partial charge < -0.3 is 28.7 Å². The predicted molar refractivity (Wildman–Crippen MR) is 114 cm³/mol. The standard InChI is InChI=1S/C23H27ClN2O4/c1-27-22(28-2)13-16-10-12-26-14-25-11-9-15-7-5-6-8-17(15)19(25)20(26)18(16)21(24)23(22,29-3)30-4/h5-8,13H,9-12,14H2,1-4H3. The van der Waals surface area contributed by atoms with Crippen molar-refractivity contribution >= 4 is 17.3 Å². The molecule has 0 spiro atoms. The highest BCUT2D eigenvalue weighted by atomic mass is 35.5. The number of fused-ring (bicyclic) bond motifs is 6. The van der Waals surface area contributed by atoms with Gasteiger partial charge in [-0.2, -0.15) is 0 Å². The Labute approximate surface area is 182 Å². The van der Waals surface area contributed by atoms with Crippen LogP contribution in [-0.2, 0) is 25.4 Å². The zero-order valence-corrected chi connectivity index (χ0v) is 18.6. The molecule has 0 saturated carbocycles. The van der Waals surface area contributed by atoms with Crippen molar-refractivity contribution in [3.05, 3.63) is 63.3 Å². The first-order valence-electron chi connectivity index (χ1n) is 10.2. The fourth-order valence-electron chi connectivity index (χ4n) is 5.39. The van der Waals surface area contributed by atoms with Gasteiger partial charge in [-0.05, 0) is 30.1 Å². The van der Waals surface area contributed by atoms with Gasteiger partial charge in [0.15, 0.2) is 0 Å². The quantitative estimate of drug-likeness (QED) is 0.683. The van der Waals surface area contributed by atoms with E-state index in [1.54, 1.807) is 28.4 Å². The second kappa shape index (κ2) is 7.11. The van der Waals surface area contributed by atoms with E-state index in [9.17, 15) is 0 Å². The molecular weight excluding hydrogens is 404 g/mol. The first kappa shape index (κ1) is 20.1. The molecular formula is C23H27ClN2O4. The minimum Gasteiger partial charge on any atom is -0.351 e. The second-order valence-electron chi connectivity index (χ2n) is 7.98. The molecule has 3 aliphatic heterocycles. The summed E-state index contributed by atoms with van der Waals surface area (Å²) < 4.78 is 23.4. The van der Waals surface area contributed by atoms with Gasteiger partial charge >= 0.3 is 0 Å². The minimum absolute atomic E-state index is 0.450. The van der Waals surface area contributed by atoms with Gasteiger partial charge in [-0.3, -0.25) is 0 Å². The molecule has 0 N–H and O–H groups in total. The van der Waals surface area contributed by atoms with E-state index < -0.39 is 11.6 Å². The molecule has 4 aliphatic rings. The van der Waals surface area contributed by atoms with Crippen molar-refractivity contribution in [3.63, 3.8) is 0 Å². The van der Waals surface area contributed by atoms with E-state index in [0.29, 0.717) is 5.03 Å². The van der Waals surface area contributed by atoms with Crippen LogP contribution in [-0.4, -0.2) is 69.6 Å². The van der Waals surface area contributed by atoms with Crippen LogP contribution < -0.4 is 0 Å². The number of methoxy groups -OCH3 is 4. The van der Waals surface area contributed by atoms with Crippen LogP contribution in [0.25, 0.3) is 5.70 Å². The van der Waals surface area contributed by atoms with Gasteiger partial charge in [0.05, 0.1) is 23.1 Å². The van der Waals surface area contributed by atoms with E-state index >= 15 is 0 Å². The summed E-state index contributed by atoms with van der Waals surface area (Å²) in [5, 5.41) is 0.450. The Hall–Kier alpha value is -1.83. The number of benzene rings is 1. The van der Waals surface area contributed by atoms with Crippen LogP contribution in [0, 0.1) is 0 Å². The molecule has 6 nitrogen and oxygen atoms in total. The number of hydrogen-bond acceptors (Lipinski definition) is 6. The lowest BCUT2D eigenvalue weighted by atomic mass is 9.81. The minimum atomic E-state index is -1.41. The summed E-state index contributed by atoms with van der Waals surface area (Å²) in [5.74, 6) is -2.68. The van der Waals surface area contributed by atoms with Crippen LogP contribution in [0.4, 0.5) is 0 Å². The Kier molecular flexibility index (Phi) is 4.76. The Bertz CT molecular complexity index is 975. The smallest absolute Gasteiger partial charge is 0.266 e. The normalized spacial score (nSPS) is 23.7. The summed E-state index contributed by atoms with van der Waals surface area (Å²) in [6, 6.07) is 8.63. The molecule has 0 radical (unpaired) electrons. The fourth-order valence-corrected chi connectivity index (χ4v) is 5.89. The van der Waals surface area contributed by atoms with Crippen molar-refractivity contribution in [1.82, 2.24) is 9.80 Å². The lowest BCUT2D eigenvalue weighted by Crippen LogP contribution is -2.61. The van der Waals surface area contributed by atoms with Gasteiger partial charge in [-0.25, -0.2) is 0 Å². The van der Waals surface area contributed by atoms with E-state index in [4.69, 9.17) is 30.5 Å². The van der Waals surface area contributed by atoms with Gasteiger partial charge in [0.1, 0.15) is 0 Å². The van der Waals surface area contributed by atoms with Crippen molar-refractivity contribution in [1.29, 1.82) is 0 Å². The van der Waals surface area contributed by atoms with Crippen LogP contribution in [0.2, 0.25) is 0 Å². The highest BCUT2D eigenvalue weighted by molar-refractivity contribution is 6.32. The van der Waals surface area contributed by atoms with Gasteiger partial charge in [-0.1, -0.05) is 35.9 Å². The fraction of sp³-hybridized carbons (Fsp3) is 0.478. The number of halogens is 1. The lowest BCUT2D eigenvalue weighted by Gasteiger charge is -2.48. The molecule has 0 unspecified atom stereocenters. The lowest BCUT2D eigenvalue weighted by molar-refractivity contribution is -0.347. The Morgan fingerprint density at radius 2 is 1.53 bits per heavy atom. The third kappa shape index (κ3) is 2.40. The topological polar surface area (TPSA) is 43.4 Å². The average molecular weight is 431 g/mol. The highest BCUT2D eigenvalue weighted by Gasteiger charge is 2.61. The van der Waals surface area contributed by atoms with Crippen molar-refractivity contribution in [3.8, 4) is 0 Å². The van der Waals surface area contributed by atoms with E-state index in [1.807, 2.05) is 6.08 Å². The maximum atomic E-state index is 7.13. The van der Waals surface area contributed by atoms with Crippen LogP contribution in [0.1, 0.15) is 17.5 Å². The van der Waals surface area contributed by atoms with Crippen LogP contribution >= 0.6 is 11.6 Å². The van der Waals surface area contributed by atoms with Gasteiger partial charge in [0, 0.05) is 52.7 Å². The SMILES string of the molecule is COC1(OC)C=C2CCN3CN4CCc5ccccc5C4=C3C2=C(Cl)C1(OC)OC. The molecule has 1 aromatic carbocycles. The zero-order chi connectivity index (χ0) is 21.1. The third-order valence-corrected chi connectivity index (χ3v) is 7.28. The van der Waals surface area contributed by atoms with E-state index in [1.165, 1.54) is 16.8 Å². The van der Waals surface area contributed by atoms with E-state index in [0.717, 1.165) is 49.4 Å². The van der Waals surface area contributed by atoms with E-state index in [-0.39, 0.29) is 0 Å². The number of piperidine rings is 1. The summed E-state index contributed by atoms with van der Waals surface area (Å²) in [7, 11) is 6.28. The first-order valence-corrected chi connectivity index (χ1v) is 10.6. The van der Waals surface area contributed by atoms with Gasteiger partial charge in [0.2, 0.25) is 5.79 Å². The van der Waals surface area contributed by atoms with Crippen molar-refractivity contribution in [2.24, 2.45) is 0 Å². The summed E-state index contributed by atoms with van der Waals surface area (Å²) in [4.78, 5) is 4.86. The van der Waals surface area contributed by atoms with Crippen molar-refractivity contribution < 1.29 is 18.9 Å². The number of allylic oxidation sites excluding steroid dienone is 1. The molecule has 1 aliphatic carbocycles.